The molecule has 1 aromatic carbocycles. The van der Waals surface area contributed by atoms with Crippen molar-refractivity contribution in [2.24, 2.45) is 0 Å². The van der Waals surface area contributed by atoms with Gasteiger partial charge in [0.05, 0.1) is 0 Å². The van der Waals surface area contributed by atoms with Crippen LogP contribution >= 0.6 is 22.9 Å². The SMILES string of the molecule is CCCNC(=O)C1CCCCN1C(=O)c1csc(Nc2cc(Cl)ccc2C)n1. The number of amides is 2. The summed E-state index contributed by atoms with van der Waals surface area (Å²) in [6, 6.07) is 5.18. The molecule has 1 fully saturated rings. The van der Waals surface area contributed by atoms with E-state index in [1.165, 1.54) is 11.3 Å². The predicted octanol–water partition coefficient (Wildman–Crippen LogP) is 4.37. The topological polar surface area (TPSA) is 74.3 Å². The van der Waals surface area contributed by atoms with Crippen LogP contribution in [0.5, 0.6) is 0 Å². The Morgan fingerprint density at radius 3 is 2.96 bits per heavy atom. The van der Waals surface area contributed by atoms with Crippen molar-refractivity contribution in [1.29, 1.82) is 0 Å². The molecule has 0 bridgehead atoms. The Hall–Kier alpha value is -2.12. The zero-order valence-electron chi connectivity index (χ0n) is 16.1. The van der Waals surface area contributed by atoms with Crippen LogP contribution in [0.1, 0.15) is 48.7 Å². The Morgan fingerprint density at radius 1 is 1.36 bits per heavy atom. The van der Waals surface area contributed by atoms with Crippen molar-refractivity contribution in [3.63, 3.8) is 0 Å². The lowest BCUT2D eigenvalue weighted by Gasteiger charge is -2.34. The molecule has 6 nitrogen and oxygen atoms in total. The van der Waals surface area contributed by atoms with E-state index in [-0.39, 0.29) is 11.8 Å². The molecule has 2 amide bonds. The molecule has 2 N–H and O–H groups in total. The fourth-order valence-electron chi connectivity index (χ4n) is 3.23. The quantitative estimate of drug-likeness (QED) is 0.727. The number of halogens is 1. The van der Waals surface area contributed by atoms with Crippen molar-refractivity contribution in [1.82, 2.24) is 15.2 Å². The average molecular weight is 421 g/mol. The smallest absolute Gasteiger partial charge is 0.274 e. The van der Waals surface area contributed by atoms with E-state index in [9.17, 15) is 9.59 Å². The Bertz CT molecular complexity index is 854. The number of nitrogens with zero attached hydrogens (tertiary/aromatic N) is 2. The van der Waals surface area contributed by atoms with Crippen molar-refractivity contribution in [3.05, 3.63) is 39.9 Å². The van der Waals surface area contributed by atoms with Gasteiger partial charge in [0.15, 0.2) is 5.13 Å². The van der Waals surface area contributed by atoms with E-state index in [2.05, 4.69) is 15.6 Å². The molecule has 3 rings (SSSR count). The second-order valence-corrected chi connectivity index (χ2v) is 8.22. The van der Waals surface area contributed by atoms with Crippen LogP contribution in [0.4, 0.5) is 10.8 Å². The van der Waals surface area contributed by atoms with Gasteiger partial charge >= 0.3 is 0 Å². The van der Waals surface area contributed by atoms with Gasteiger partial charge in [-0.25, -0.2) is 4.98 Å². The summed E-state index contributed by atoms with van der Waals surface area (Å²) in [6.07, 6.45) is 3.42. The summed E-state index contributed by atoms with van der Waals surface area (Å²) in [7, 11) is 0. The van der Waals surface area contributed by atoms with Gasteiger partial charge in [0.2, 0.25) is 5.91 Å². The number of hydrogen-bond acceptors (Lipinski definition) is 5. The van der Waals surface area contributed by atoms with Crippen LogP contribution in [0.3, 0.4) is 0 Å². The van der Waals surface area contributed by atoms with Crippen LogP contribution in [0.2, 0.25) is 5.02 Å². The molecule has 1 saturated heterocycles. The maximum Gasteiger partial charge on any atom is 0.274 e. The third-order valence-electron chi connectivity index (χ3n) is 4.78. The highest BCUT2D eigenvalue weighted by atomic mass is 35.5. The highest BCUT2D eigenvalue weighted by molar-refractivity contribution is 7.14. The van der Waals surface area contributed by atoms with Crippen LogP contribution < -0.4 is 10.6 Å². The summed E-state index contributed by atoms with van der Waals surface area (Å²) in [6.45, 7) is 5.19. The molecule has 0 saturated carbocycles. The van der Waals surface area contributed by atoms with Gasteiger partial charge < -0.3 is 15.5 Å². The van der Waals surface area contributed by atoms with E-state index in [0.717, 1.165) is 30.5 Å². The van der Waals surface area contributed by atoms with E-state index >= 15 is 0 Å². The Kier molecular flexibility index (Phi) is 6.91. The van der Waals surface area contributed by atoms with Gasteiger partial charge in [-0.3, -0.25) is 9.59 Å². The standard InChI is InChI=1S/C20H25ClN4O2S/c1-3-9-22-18(26)17-6-4-5-10-25(17)19(27)16-12-28-20(24-16)23-15-11-14(21)8-7-13(15)2/h7-8,11-12,17H,3-6,9-10H2,1-2H3,(H,22,26)(H,23,24). The molecule has 1 atom stereocenters. The Balaban J connectivity index is 1.73. The second kappa shape index (κ2) is 9.39. The zero-order chi connectivity index (χ0) is 20.1. The molecule has 28 heavy (non-hydrogen) atoms. The van der Waals surface area contributed by atoms with E-state index in [1.54, 1.807) is 10.3 Å². The summed E-state index contributed by atoms with van der Waals surface area (Å²) >= 11 is 7.43. The molecule has 0 spiro atoms. The maximum absolute atomic E-state index is 13.0. The van der Waals surface area contributed by atoms with Crippen molar-refractivity contribution in [2.45, 2.75) is 45.6 Å². The maximum atomic E-state index is 13.0. The average Bonchev–Trinajstić information content (AvgIpc) is 3.17. The zero-order valence-corrected chi connectivity index (χ0v) is 17.7. The van der Waals surface area contributed by atoms with Gasteiger partial charge in [-0.1, -0.05) is 24.6 Å². The molecular formula is C20H25ClN4O2S. The summed E-state index contributed by atoms with van der Waals surface area (Å²) in [5.41, 5.74) is 2.26. The minimum Gasteiger partial charge on any atom is -0.354 e. The van der Waals surface area contributed by atoms with Gasteiger partial charge in [-0.2, -0.15) is 0 Å². The van der Waals surface area contributed by atoms with Crippen molar-refractivity contribution in [2.75, 3.05) is 18.4 Å². The number of piperidine rings is 1. The van der Waals surface area contributed by atoms with Gasteiger partial charge in [-0.15, -0.1) is 11.3 Å². The van der Waals surface area contributed by atoms with E-state index in [1.807, 2.05) is 32.0 Å². The van der Waals surface area contributed by atoms with Gasteiger partial charge in [0.25, 0.3) is 5.91 Å². The van der Waals surface area contributed by atoms with Crippen molar-refractivity contribution >= 4 is 45.6 Å². The van der Waals surface area contributed by atoms with Crippen LogP contribution in [0.15, 0.2) is 23.6 Å². The minimum absolute atomic E-state index is 0.0713. The Morgan fingerprint density at radius 2 is 2.18 bits per heavy atom. The van der Waals surface area contributed by atoms with Crippen molar-refractivity contribution in [3.8, 4) is 0 Å². The minimum atomic E-state index is -0.416. The first-order valence-electron chi connectivity index (χ1n) is 9.57. The number of aromatic nitrogens is 1. The van der Waals surface area contributed by atoms with Gasteiger partial charge in [0.1, 0.15) is 11.7 Å². The number of likely N-dealkylation sites (tertiary alicyclic amines) is 1. The monoisotopic (exact) mass is 420 g/mol. The van der Waals surface area contributed by atoms with E-state index < -0.39 is 6.04 Å². The summed E-state index contributed by atoms with van der Waals surface area (Å²) in [4.78, 5) is 31.6. The molecule has 2 heterocycles. The Labute approximate surface area is 174 Å². The summed E-state index contributed by atoms with van der Waals surface area (Å²) in [5.74, 6) is -0.263. The number of rotatable bonds is 6. The molecule has 1 aliphatic rings. The molecule has 1 aliphatic heterocycles. The first-order valence-corrected chi connectivity index (χ1v) is 10.8. The number of nitrogens with one attached hydrogen (secondary N) is 2. The second-order valence-electron chi connectivity index (χ2n) is 6.92. The third kappa shape index (κ3) is 4.83. The van der Waals surface area contributed by atoms with Crippen LogP contribution in [0, 0.1) is 6.92 Å². The highest BCUT2D eigenvalue weighted by Crippen LogP contribution is 2.27. The fraction of sp³-hybridized carbons (Fsp3) is 0.450. The number of benzene rings is 1. The lowest BCUT2D eigenvalue weighted by Crippen LogP contribution is -2.52. The lowest BCUT2D eigenvalue weighted by atomic mass is 10.0. The summed E-state index contributed by atoms with van der Waals surface area (Å²) in [5, 5.41) is 9.13. The largest absolute Gasteiger partial charge is 0.354 e. The first-order chi connectivity index (χ1) is 13.5. The van der Waals surface area contributed by atoms with Crippen molar-refractivity contribution < 1.29 is 9.59 Å². The summed E-state index contributed by atoms with van der Waals surface area (Å²) < 4.78 is 0. The predicted molar refractivity (Wildman–Crippen MR) is 114 cm³/mol. The van der Waals surface area contributed by atoms with Crippen LogP contribution in [-0.4, -0.2) is 40.8 Å². The van der Waals surface area contributed by atoms with Gasteiger partial charge in [-0.05, 0) is 50.3 Å². The molecule has 1 aromatic heterocycles. The van der Waals surface area contributed by atoms with Crippen LogP contribution in [0.25, 0.3) is 0 Å². The molecule has 150 valence electrons. The number of carbonyl (C=O) groups is 2. The molecule has 0 radical (unpaired) electrons. The molecule has 2 aromatic rings. The molecule has 0 aliphatic carbocycles. The first kappa shape index (κ1) is 20.6. The fourth-order valence-corrected chi connectivity index (χ4v) is 4.10. The van der Waals surface area contributed by atoms with E-state index in [4.69, 9.17) is 11.6 Å². The third-order valence-corrected chi connectivity index (χ3v) is 5.77. The molecule has 8 heteroatoms. The van der Waals surface area contributed by atoms with E-state index in [0.29, 0.717) is 35.4 Å². The van der Waals surface area contributed by atoms with Gasteiger partial charge in [0, 0.05) is 29.2 Å². The number of aryl methyl sites for hydroxylation is 1. The number of thiazole rings is 1. The lowest BCUT2D eigenvalue weighted by molar-refractivity contribution is -0.126. The number of anilines is 2. The number of hydrogen-bond donors (Lipinski definition) is 2. The number of carbonyl (C=O) groups excluding carboxylic acids is 2. The highest BCUT2D eigenvalue weighted by Gasteiger charge is 2.33. The molecule has 1 unspecified atom stereocenters. The normalized spacial score (nSPS) is 16.7. The molecular weight excluding hydrogens is 396 g/mol. The van der Waals surface area contributed by atoms with Crippen LogP contribution in [-0.2, 0) is 4.79 Å².